The van der Waals surface area contributed by atoms with E-state index in [1.54, 1.807) is 63.2 Å². The number of halogens is 2. The highest BCUT2D eigenvalue weighted by Crippen LogP contribution is 2.35. The molecule has 2 heterocycles. The predicted octanol–water partition coefficient (Wildman–Crippen LogP) is 4.32. The molecule has 0 saturated heterocycles. The minimum atomic E-state index is -0.724. The van der Waals surface area contributed by atoms with Gasteiger partial charge in [-0.25, -0.2) is 9.79 Å². The average molecular weight is 578 g/mol. The summed E-state index contributed by atoms with van der Waals surface area (Å²) in [6, 6.07) is 9.59. The van der Waals surface area contributed by atoms with Crippen LogP contribution in [0.2, 0.25) is 5.02 Å². The average Bonchev–Trinajstić information content (AvgIpc) is 3.09. The van der Waals surface area contributed by atoms with Crippen LogP contribution in [0.15, 0.2) is 61.9 Å². The molecular weight excluding hydrogens is 556 g/mol. The Morgan fingerprint density at radius 2 is 1.97 bits per heavy atom. The molecule has 0 bridgehead atoms. The van der Waals surface area contributed by atoms with Crippen LogP contribution in [0.25, 0.3) is 6.08 Å². The van der Waals surface area contributed by atoms with E-state index in [-0.39, 0.29) is 23.2 Å². The van der Waals surface area contributed by atoms with Gasteiger partial charge in [-0.3, -0.25) is 9.36 Å². The molecule has 0 aliphatic carbocycles. The number of methoxy groups -OCH3 is 1. The van der Waals surface area contributed by atoms with Crippen molar-refractivity contribution in [3.8, 4) is 11.5 Å². The number of aromatic hydroxyl groups is 1. The van der Waals surface area contributed by atoms with E-state index in [2.05, 4.69) is 20.9 Å². The zero-order valence-electron chi connectivity index (χ0n) is 19.3. The lowest BCUT2D eigenvalue weighted by atomic mass is 9.96. The minimum Gasteiger partial charge on any atom is -0.503 e. The van der Waals surface area contributed by atoms with E-state index in [0.717, 1.165) is 0 Å². The molecule has 1 atom stereocenters. The predicted molar refractivity (Wildman–Crippen MR) is 139 cm³/mol. The molecule has 1 N–H and O–H groups in total. The van der Waals surface area contributed by atoms with Crippen molar-refractivity contribution in [2.75, 3.05) is 7.11 Å². The summed E-state index contributed by atoms with van der Waals surface area (Å²) in [5, 5.41) is 10.6. The number of allylic oxidation sites excluding steroid dienone is 1. The third-order valence-electron chi connectivity index (χ3n) is 5.34. The zero-order valence-corrected chi connectivity index (χ0v) is 22.5. The number of thiazole rings is 1. The maximum Gasteiger partial charge on any atom is 0.338 e. The van der Waals surface area contributed by atoms with Gasteiger partial charge in [-0.2, -0.15) is 0 Å². The Morgan fingerprint density at radius 3 is 2.60 bits per heavy atom. The molecule has 0 saturated carbocycles. The van der Waals surface area contributed by atoms with Crippen molar-refractivity contribution in [3.05, 3.63) is 88.0 Å². The normalized spacial score (nSPS) is 15.7. The van der Waals surface area contributed by atoms with Crippen LogP contribution in [0, 0.1) is 0 Å². The Bertz CT molecular complexity index is 1520. The molecule has 10 heteroatoms. The summed E-state index contributed by atoms with van der Waals surface area (Å²) >= 11 is 10.6. The van der Waals surface area contributed by atoms with Crippen LogP contribution in [-0.4, -0.2) is 28.9 Å². The third-order valence-corrected chi connectivity index (χ3v) is 7.18. The van der Waals surface area contributed by atoms with Crippen molar-refractivity contribution in [2.24, 2.45) is 4.99 Å². The summed E-state index contributed by atoms with van der Waals surface area (Å²) in [5.41, 5.74) is 1.83. The van der Waals surface area contributed by atoms with E-state index < -0.39 is 12.0 Å². The first kappa shape index (κ1) is 25.2. The molecule has 0 spiro atoms. The van der Waals surface area contributed by atoms with Crippen molar-refractivity contribution in [1.82, 2.24) is 4.57 Å². The Morgan fingerprint density at radius 1 is 1.29 bits per heavy atom. The van der Waals surface area contributed by atoms with E-state index in [0.29, 0.717) is 41.2 Å². The van der Waals surface area contributed by atoms with Crippen molar-refractivity contribution >= 4 is 50.9 Å². The Balaban J connectivity index is 1.94. The second-order valence-corrected chi connectivity index (χ2v) is 10.4. The van der Waals surface area contributed by atoms with Crippen LogP contribution >= 0.6 is 38.9 Å². The van der Waals surface area contributed by atoms with Gasteiger partial charge >= 0.3 is 5.97 Å². The maximum atomic E-state index is 13.7. The van der Waals surface area contributed by atoms with E-state index in [1.165, 1.54) is 23.0 Å². The fourth-order valence-corrected chi connectivity index (χ4v) is 5.44. The molecule has 0 radical (unpaired) electrons. The number of hydrogen-bond acceptors (Lipinski definition) is 7. The summed E-state index contributed by atoms with van der Waals surface area (Å²) in [6.45, 7) is 5.27. The molecule has 1 unspecified atom stereocenters. The number of carbonyl (C=O) groups excluding carboxylic acids is 1. The van der Waals surface area contributed by atoms with Crippen LogP contribution in [0.5, 0.6) is 11.5 Å². The lowest BCUT2D eigenvalue weighted by Gasteiger charge is -2.25. The van der Waals surface area contributed by atoms with Crippen LogP contribution in [0.1, 0.15) is 37.9 Å². The smallest absolute Gasteiger partial charge is 0.338 e. The van der Waals surface area contributed by atoms with Gasteiger partial charge in [0.25, 0.3) is 5.56 Å². The summed E-state index contributed by atoms with van der Waals surface area (Å²) in [7, 11) is 1.45. The Kier molecular flexibility index (Phi) is 7.21. The quantitative estimate of drug-likeness (QED) is 0.457. The van der Waals surface area contributed by atoms with Crippen molar-refractivity contribution in [3.63, 3.8) is 0 Å². The molecule has 1 aliphatic heterocycles. The fourth-order valence-electron chi connectivity index (χ4n) is 3.80. The van der Waals surface area contributed by atoms with Crippen molar-refractivity contribution in [1.29, 1.82) is 0 Å². The highest BCUT2D eigenvalue weighted by molar-refractivity contribution is 9.10. The molecule has 7 nitrogen and oxygen atoms in total. The Hall–Kier alpha value is -2.88. The lowest BCUT2D eigenvalue weighted by Crippen LogP contribution is -2.40. The van der Waals surface area contributed by atoms with E-state index in [4.69, 9.17) is 21.1 Å². The molecule has 1 aromatic heterocycles. The highest BCUT2D eigenvalue weighted by Gasteiger charge is 2.33. The lowest BCUT2D eigenvalue weighted by molar-refractivity contribution is -0.143. The largest absolute Gasteiger partial charge is 0.503 e. The van der Waals surface area contributed by atoms with Gasteiger partial charge in [-0.05, 0) is 78.2 Å². The molecule has 0 amide bonds. The highest BCUT2D eigenvalue weighted by atomic mass is 79.9. The van der Waals surface area contributed by atoms with Gasteiger partial charge in [0.1, 0.15) is 0 Å². The number of hydrogen-bond donors (Lipinski definition) is 1. The van der Waals surface area contributed by atoms with Gasteiger partial charge in [0.15, 0.2) is 16.3 Å². The molecule has 1 aliphatic rings. The van der Waals surface area contributed by atoms with E-state index in [1.807, 2.05) is 0 Å². The van der Waals surface area contributed by atoms with Gasteiger partial charge < -0.3 is 14.6 Å². The molecule has 4 rings (SSSR count). The second-order valence-electron chi connectivity index (χ2n) is 8.14. The monoisotopic (exact) mass is 576 g/mol. The summed E-state index contributed by atoms with van der Waals surface area (Å²) < 4.78 is 13.1. The number of phenols is 1. The Labute approximate surface area is 218 Å². The number of nitrogens with zero attached hydrogens (tertiary/aromatic N) is 2. The first-order valence-electron chi connectivity index (χ1n) is 10.7. The number of fused-ring (bicyclic) bond motifs is 1. The second kappa shape index (κ2) is 10.0. The number of aromatic nitrogens is 1. The number of esters is 1. The van der Waals surface area contributed by atoms with E-state index in [9.17, 15) is 14.7 Å². The SMILES string of the molecule is COc1cc(C=c2sc3n(c2=O)C(c2ccc(Cl)cc2)C(C(=O)OC(C)C)=C(C)N=3)cc(Br)c1O. The molecule has 2 aromatic carbocycles. The van der Waals surface area contributed by atoms with Crippen LogP contribution in [0.3, 0.4) is 0 Å². The zero-order chi connectivity index (χ0) is 25.4. The summed E-state index contributed by atoms with van der Waals surface area (Å²) in [4.78, 5) is 31.8. The van der Waals surface area contributed by atoms with E-state index >= 15 is 0 Å². The maximum absolute atomic E-state index is 13.7. The number of phenolic OH excluding ortho intramolecular Hbond substituents is 1. The number of rotatable bonds is 5. The first-order valence-corrected chi connectivity index (χ1v) is 12.6. The molecule has 35 heavy (non-hydrogen) atoms. The van der Waals surface area contributed by atoms with Gasteiger partial charge in [0.05, 0.1) is 39.5 Å². The molecule has 182 valence electrons. The van der Waals surface area contributed by atoms with Gasteiger partial charge in [-0.1, -0.05) is 35.1 Å². The van der Waals surface area contributed by atoms with Crippen molar-refractivity contribution < 1.29 is 19.4 Å². The standard InChI is InChI=1S/C25H22BrClN2O5S/c1-12(2)34-24(32)20-13(3)28-25-29(21(20)15-5-7-16(27)8-6-15)23(31)19(35-25)11-14-9-17(26)22(30)18(10-14)33-4/h5-12,21,30H,1-4H3. The number of benzene rings is 2. The van der Waals surface area contributed by atoms with Crippen LogP contribution in [0.4, 0.5) is 0 Å². The molecule has 0 fully saturated rings. The third kappa shape index (κ3) is 4.94. The van der Waals surface area contributed by atoms with Crippen LogP contribution < -0.4 is 19.6 Å². The number of ether oxygens (including phenoxy) is 2. The van der Waals surface area contributed by atoms with Gasteiger partial charge in [0.2, 0.25) is 0 Å². The summed E-state index contributed by atoms with van der Waals surface area (Å²) in [5.74, 6) is -0.285. The van der Waals surface area contributed by atoms with Gasteiger partial charge in [0, 0.05) is 5.02 Å². The molecule has 3 aromatic rings. The van der Waals surface area contributed by atoms with Crippen LogP contribution in [-0.2, 0) is 9.53 Å². The topological polar surface area (TPSA) is 90.1 Å². The summed E-state index contributed by atoms with van der Waals surface area (Å²) in [6.07, 6.45) is 1.36. The van der Waals surface area contributed by atoms with Gasteiger partial charge in [-0.15, -0.1) is 0 Å². The fraction of sp³-hybridized carbons (Fsp3) is 0.240. The number of carbonyl (C=O) groups is 1. The molecular formula is C25H22BrClN2O5S. The van der Waals surface area contributed by atoms with Crippen molar-refractivity contribution in [2.45, 2.75) is 32.9 Å². The first-order chi connectivity index (χ1) is 16.6. The minimum absolute atomic E-state index is 0.0298.